The van der Waals surface area contributed by atoms with Gasteiger partial charge in [0, 0.05) is 18.2 Å². The van der Waals surface area contributed by atoms with Crippen LogP contribution in [0.3, 0.4) is 0 Å². The van der Waals surface area contributed by atoms with Crippen molar-refractivity contribution in [2.45, 2.75) is 30.9 Å². The number of hydrogen-bond donors (Lipinski definition) is 1. The standard InChI is InChI=1S/C11H12ClF3N2/c12-9-8(10(6-16)2-1-3-10)4-7(5-17-9)11(13,14)15/h4-5H,1-3,6,16H2. The monoisotopic (exact) mass is 264 g/mol. The molecule has 1 fully saturated rings. The van der Waals surface area contributed by atoms with Gasteiger partial charge in [0.05, 0.1) is 5.56 Å². The SMILES string of the molecule is NCC1(c2cc(C(F)(F)F)cnc2Cl)CCC1. The molecule has 2 N–H and O–H groups in total. The van der Waals surface area contributed by atoms with Crippen LogP contribution in [-0.4, -0.2) is 11.5 Å². The number of aromatic nitrogens is 1. The first kappa shape index (κ1) is 12.6. The number of halogens is 4. The number of pyridine rings is 1. The van der Waals surface area contributed by atoms with Crippen molar-refractivity contribution in [3.63, 3.8) is 0 Å². The van der Waals surface area contributed by atoms with Crippen LogP contribution in [0.2, 0.25) is 5.15 Å². The van der Waals surface area contributed by atoms with Crippen LogP contribution in [0.4, 0.5) is 13.2 Å². The van der Waals surface area contributed by atoms with Crippen LogP contribution in [0.1, 0.15) is 30.4 Å². The molecule has 0 unspecified atom stereocenters. The molecule has 1 aromatic heterocycles. The molecule has 0 saturated heterocycles. The molecule has 0 aliphatic heterocycles. The van der Waals surface area contributed by atoms with Crippen molar-refractivity contribution in [3.8, 4) is 0 Å². The van der Waals surface area contributed by atoms with Gasteiger partial charge in [-0.3, -0.25) is 0 Å². The number of hydrogen-bond acceptors (Lipinski definition) is 2. The van der Waals surface area contributed by atoms with Crippen LogP contribution in [0.25, 0.3) is 0 Å². The Balaban J connectivity index is 2.46. The Morgan fingerprint density at radius 2 is 2.06 bits per heavy atom. The average molecular weight is 265 g/mol. The summed E-state index contributed by atoms with van der Waals surface area (Å²) in [5, 5.41) is 0.128. The molecule has 0 spiro atoms. The first-order valence-electron chi connectivity index (χ1n) is 5.32. The van der Waals surface area contributed by atoms with Crippen molar-refractivity contribution in [1.82, 2.24) is 4.98 Å². The van der Waals surface area contributed by atoms with E-state index >= 15 is 0 Å². The van der Waals surface area contributed by atoms with Crippen molar-refractivity contribution < 1.29 is 13.2 Å². The molecule has 1 aromatic rings. The predicted molar refractivity (Wildman–Crippen MR) is 58.8 cm³/mol. The van der Waals surface area contributed by atoms with E-state index in [1.54, 1.807) is 0 Å². The molecule has 1 aliphatic carbocycles. The maximum absolute atomic E-state index is 12.6. The number of nitrogens with two attached hydrogens (primary N) is 1. The van der Waals surface area contributed by atoms with Crippen LogP contribution < -0.4 is 5.73 Å². The van der Waals surface area contributed by atoms with Gasteiger partial charge in [0.1, 0.15) is 5.15 Å². The molecule has 2 nitrogen and oxygen atoms in total. The van der Waals surface area contributed by atoms with Crippen molar-refractivity contribution >= 4 is 11.6 Å². The minimum absolute atomic E-state index is 0.128. The van der Waals surface area contributed by atoms with Gasteiger partial charge in [-0.15, -0.1) is 0 Å². The van der Waals surface area contributed by atoms with Gasteiger partial charge in [0.15, 0.2) is 0 Å². The summed E-state index contributed by atoms with van der Waals surface area (Å²) in [7, 11) is 0. The maximum Gasteiger partial charge on any atom is 0.417 e. The zero-order valence-corrected chi connectivity index (χ0v) is 9.78. The lowest BCUT2D eigenvalue weighted by atomic mass is 9.65. The molecule has 1 heterocycles. The topological polar surface area (TPSA) is 38.9 Å². The molecule has 0 atom stereocenters. The molecule has 1 aliphatic rings. The molecule has 94 valence electrons. The third-order valence-corrected chi connectivity index (χ3v) is 3.74. The molecule has 1 saturated carbocycles. The summed E-state index contributed by atoms with van der Waals surface area (Å²) in [4.78, 5) is 3.63. The fraction of sp³-hybridized carbons (Fsp3) is 0.545. The average Bonchev–Trinajstić information content (AvgIpc) is 2.18. The highest BCUT2D eigenvalue weighted by Gasteiger charge is 2.41. The zero-order chi connectivity index (χ0) is 12.7. The van der Waals surface area contributed by atoms with Gasteiger partial charge in [0.2, 0.25) is 0 Å². The van der Waals surface area contributed by atoms with E-state index in [1.807, 2.05) is 0 Å². The summed E-state index contributed by atoms with van der Waals surface area (Å²) in [6.07, 6.45) is -1.14. The van der Waals surface area contributed by atoms with E-state index in [1.165, 1.54) is 0 Å². The molecular formula is C11H12ClF3N2. The van der Waals surface area contributed by atoms with E-state index in [-0.39, 0.29) is 5.15 Å². The zero-order valence-electron chi connectivity index (χ0n) is 9.02. The minimum Gasteiger partial charge on any atom is -0.330 e. The first-order valence-corrected chi connectivity index (χ1v) is 5.70. The lowest BCUT2D eigenvalue weighted by Gasteiger charge is -2.41. The van der Waals surface area contributed by atoms with Crippen molar-refractivity contribution in [1.29, 1.82) is 0 Å². The third-order valence-electron chi connectivity index (χ3n) is 3.44. The highest BCUT2D eigenvalue weighted by atomic mass is 35.5. The second-order valence-corrected chi connectivity index (χ2v) is 4.76. The van der Waals surface area contributed by atoms with Gasteiger partial charge in [-0.25, -0.2) is 4.98 Å². The van der Waals surface area contributed by atoms with Gasteiger partial charge < -0.3 is 5.73 Å². The van der Waals surface area contributed by atoms with Crippen molar-refractivity contribution in [3.05, 3.63) is 28.5 Å². The van der Waals surface area contributed by atoms with E-state index in [4.69, 9.17) is 17.3 Å². The third kappa shape index (κ3) is 2.13. The lowest BCUT2D eigenvalue weighted by Crippen LogP contribution is -2.42. The normalized spacial score (nSPS) is 18.9. The molecule has 0 radical (unpaired) electrons. The summed E-state index contributed by atoms with van der Waals surface area (Å²) in [6, 6.07) is 1.08. The van der Waals surface area contributed by atoms with Gasteiger partial charge in [-0.05, 0) is 24.5 Å². The number of alkyl halides is 3. The fourth-order valence-corrected chi connectivity index (χ4v) is 2.47. The van der Waals surface area contributed by atoms with Gasteiger partial charge in [-0.1, -0.05) is 18.0 Å². The Labute approximate surface area is 102 Å². The van der Waals surface area contributed by atoms with Crippen LogP contribution >= 0.6 is 11.6 Å². The smallest absolute Gasteiger partial charge is 0.330 e. The molecular weight excluding hydrogens is 253 g/mol. The second-order valence-electron chi connectivity index (χ2n) is 4.40. The summed E-state index contributed by atoms with van der Waals surface area (Å²) in [5.74, 6) is 0. The molecule has 2 rings (SSSR count). The van der Waals surface area contributed by atoms with Crippen molar-refractivity contribution in [2.24, 2.45) is 5.73 Å². The van der Waals surface area contributed by atoms with E-state index in [9.17, 15) is 13.2 Å². The van der Waals surface area contributed by atoms with Crippen LogP contribution in [0.15, 0.2) is 12.3 Å². The Hall–Kier alpha value is -0.810. The predicted octanol–water partition coefficient (Wildman–Crippen LogP) is 3.13. The first-order chi connectivity index (χ1) is 7.89. The Kier molecular flexibility index (Phi) is 3.08. The Bertz CT molecular complexity index is 422. The van der Waals surface area contributed by atoms with E-state index in [2.05, 4.69) is 4.98 Å². The molecule has 0 amide bonds. The second kappa shape index (κ2) is 4.14. The highest BCUT2D eigenvalue weighted by molar-refractivity contribution is 6.30. The van der Waals surface area contributed by atoms with E-state index in [0.717, 1.165) is 31.5 Å². The number of nitrogens with zero attached hydrogens (tertiary/aromatic N) is 1. The van der Waals surface area contributed by atoms with Crippen LogP contribution in [-0.2, 0) is 11.6 Å². The minimum atomic E-state index is -4.40. The highest BCUT2D eigenvalue weighted by Crippen LogP contribution is 2.46. The van der Waals surface area contributed by atoms with Gasteiger partial charge in [0.25, 0.3) is 0 Å². The number of rotatable bonds is 2. The maximum atomic E-state index is 12.6. The van der Waals surface area contributed by atoms with Crippen molar-refractivity contribution in [2.75, 3.05) is 6.54 Å². The molecule has 17 heavy (non-hydrogen) atoms. The van der Waals surface area contributed by atoms with Crippen LogP contribution in [0, 0.1) is 0 Å². The summed E-state index contributed by atoms with van der Waals surface area (Å²) < 4.78 is 37.8. The molecule has 6 heteroatoms. The van der Waals surface area contributed by atoms with Gasteiger partial charge in [-0.2, -0.15) is 13.2 Å². The molecule has 0 aromatic carbocycles. The Morgan fingerprint density at radius 3 is 2.47 bits per heavy atom. The quantitative estimate of drug-likeness (QED) is 0.834. The Morgan fingerprint density at radius 1 is 1.41 bits per heavy atom. The summed E-state index contributed by atoms with van der Waals surface area (Å²) in [6.45, 7) is 0.301. The molecule has 0 bridgehead atoms. The van der Waals surface area contributed by atoms with Crippen LogP contribution in [0.5, 0.6) is 0 Å². The fourth-order valence-electron chi connectivity index (χ4n) is 2.16. The largest absolute Gasteiger partial charge is 0.417 e. The van der Waals surface area contributed by atoms with E-state index < -0.39 is 17.2 Å². The van der Waals surface area contributed by atoms with E-state index in [0.29, 0.717) is 12.1 Å². The lowest BCUT2D eigenvalue weighted by molar-refractivity contribution is -0.137. The van der Waals surface area contributed by atoms with Gasteiger partial charge >= 0.3 is 6.18 Å². The summed E-state index contributed by atoms with van der Waals surface area (Å²) in [5.41, 5.74) is 4.92. The summed E-state index contributed by atoms with van der Waals surface area (Å²) >= 11 is 5.89.